The third kappa shape index (κ3) is 1.93. The number of fused-ring (bicyclic) bond motifs is 1. The molecule has 1 aliphatic rings. The van der Waals surface area contributed by atoms with E-state index in [1.54, 1.807) is 11.6 Å². The summed E-state index contributed by atoms with van der Waals surface area (Å²) in [6.45, 7) is 1.60. The van der Waals surface area contributed by atoms with Crippen molar-refractivity contribution in [2.45, 2.75) is 18.4 Å². The number of ether oxygens (including phenoxy) is 1. The summed E-state index contributed by atoms with van der Waals surface area (Å²) >= 11 is 0. The predicted octanol–water partition coefficient (Wildman–Crippen LogP) is 0.403. The van der Waals surface area contributed by atoms with Crippen LogP contribution in [0.4, 0.5) is 5.82 Å². The molecular weight excluding hydrogens is 230 g/mol. The molecule has 2 atom stereocenters. The van der Waals surface area contributed by atoms with Gasteiger partial charge >= 0.3 is 0 Å². The maximum absolute atomic E-state index is 5.95. The minimum Gasteiger partial charge on any atom is -0.383 e. The first-order valence-corrected chi connectivity index (χ1v) is 6.11. The van der Waals surface area contributed by atoms with Crippen molar-refractivity contribution >= 4 is 11.3 Å². The standard InChI is InChI=1S/C12H17N5O/c1-18-7-9-5-8(6-14-9)12-15-11(13)10-3-2-4-17(10)16-12/h2-4,8-9,14H,5-7H2,1H3,(H2,13,15,16). The van der Waals surface area contributed by atoms with Gasteiger partial charge in [0, 0.05) is 31.8 Å². The number of aromatic nitrogens is 3. The quantitative estimate of drug-likeness (QED) is 0.821. The van der Waals surface area contributed by atoms with Gasteiger partial charge < -0.3 is 15.8 Å². The zero-order valence-corrected chi connectivity index (χ0v) is 10.3. The number of hydrogen-bond donors (Lipinski definition) is 2. The van der Waals surface area contributed by atoms with Gasteiger partial charge in [0.15, 0.2) is 11.6 Å². The van der Waals surface area contributed by atoms with E-state index in [2.05, 4.69) is 15.4 Å². The van der Waals surface area contributed by atoms with Gasteiger partial charge in [-0.25, -0.2) is 9.50 Å². The van der Waals surface area contributed by atoms with Gasteiger partial charge in [-0.3, -0.25) is 0 Å². The summed E-state index contributed by atoms with van der Waals surface area (Å²) in [6, 6.07) is 4.22. The van der Waals surface area contributed by atoms with Crippen LogP contribution in [0.25, 0.3) is 5.52 Å². The fourth-order valence-corrected chi connectivity index (χ4v) is 2.49. The molecule has 0 amide bonds. The summed E-state index contributed by atoms with van der Waals surface area (Å²) in [4.78, 5) is 4.42. The second-order valence-corrected chi connectivity index (χ2v) is 4.69. The van der Waals surface area contributed by atoms with Gasteiger partial charge in [-0.1, -0.05) is 0 Å². The normalized spacial score (nSPS) is 23.8. The van der Waals surface area contributed by atoms with Crippen LogP contribution < -0.4 is 11.1 Å². The summed E-state index contributed by atoms with van der Waals surface area (Å²) in [6.07, 6.45) is 2.88. The van der Waals surface area contributed by atoms with E-state index in [4.69, 9.17) is 10.5 Å². The Hall–Kier alpha value is -1.66. The van der Waals surface area contributed by atoms with E-state index in [0.717, 1.165) is 30.9 Å². The third-order valence-electron chi connectivity index (χ3n) is 3.39. The number of nitrogens with one attached hydrogen (secondary N) is 1. The highest BCUT2D eigenvalue weighted by Gasteiger charge is 2.27. The van der Waals surface area contributed by atoms with Crippen LogP contribution in [-0.2, 0) is 4.74 Å². The van der Waals surface area contributed by atoms with Gasteiger partial charge in [-0.15, -0.1) is 0 Å². The van der Waals surface area contributed by atoms with Crippen LogP contribution in [0.5, 0.6) is 0 Å². The number of hydrogen-bond acceptors (Lipinski definition) is 5. The first-order chi connectivity index (χ1) is 8.78. The summed E-state index contributed by atoms with van der Waals surface area (Å²) in [7, 11) is 1.72. The maximum Gasteiger partial charge on any atom is 0.156 e. The number of rotatable bonds is 3. The van der Waals surface area contributed by atoms with Crippen LogP contribution in [0.1, 0.15) is 18.2 Å². The molecule has 1 saturated heterocycles. The summed E-state index contributed by atoms with van der Waals surface area (Å²) in [5.41, 5.74) is 6.80. The number of nitrogen functional groups attached to an aromatic ring is 1. The van der Waals surface area contributed by atoms with E-state index in [9.17, 15) is 0 Å². The molecule has 0 radical (unpaired) electrons. The van der Waals surface area contributed by atoms with Crippen molar-refractivity contribution in [1.82, 2.24) is 19.9 Å². The molecule has 1 fully saturated rings. The molecule has 3 N–H and O–H groups in total. The van der Waals surface area contributed by atoms with Crippen molar-refractivity contribution in [3.05, 3.63) is 24.2 Å². The molecule has 2 aromatic rings. The van der Waals surface area contributed by atoms with Crippen LogP contribution in [0.3, 0.4) is 0 Å². The van der Waals surface area contributed by atoms with E-state index in [1.165, 1.54) is 0 Å². The Labute approximate surface area is 105 Å². The monoisotopic (exact) mass is 247 g/mol. The summed E-state index contributed by atoms with van der Waals surface area (Å²) < 4.78 is 6.95. The molecule has 6 nitrogen and oxygen atoms in total. The van der Waals surface area contributed by atoms with E-state index >= 15 is 0 Å². The summed E-state index contributed by atoms with van der Waals surface area (Å²) in [5.74, 6) is 1.65. The molecular formula is C12H17N5O. The smallest absolute Gasteiger partial charge is 0.156 e. The molecule has 3 rings (SSSR count). The van der Waals surface area contributed by atoms with Gasteiger partial charge in [0.05, 0.1) is 6.61 Å². The van der Waals surface area contributed by atoms with Crippen LogP contribution in [0.2, 0.25) is 0 Å². The van der Waals surface area contributed by atoms with E-state index in [-0.39, 0.29) is 0 Å². The van der Waals surface area contributed by atoms with Crippen molar-refractivity contribution in [2.24, 2.45) is 0 Å². The Morgan fingerprint density at radius 1 is 1.61 bits per heavy atom. The number of nitrogens with two attached hydrogens (primary N) is 1. The second kappa shape index (κ2) is 4.55. The van der Waals surface area contributed by atoms with Crippen LogP contribution in [0.15, 0.2) is 18.3 Å². The average molecular weight is 247 g/mol. The minimum atomic E-state index is 0.305. The van der Waals surface area contributed by atoms with Crippen LogP contribution >= 0.6 is 0 Å². The molecule has 1 aliphatic heterocycles. The van der Waals surface area contributed by atoms with Crippen molar-refractivity contribution in [3.8, 4) is 0 Å². The Balaban J connectivity index is 1.86. The molecule has 2 unspecified atom stereocenters. The number of methoxy groups -OCH3 is 1. The molecule has 6 heteroatoms. The van der Waals surface area contributed by atoms with E-state index in [1.807, 2.05) is 18.3 Å². The average Bonchev–Trinajstić information content (AvgIpc) is 2.97. The third-order valence-corrected chi connectivity index (χ3v) is 3.39. The molecule has 2 aromatic heterocycles. The Kier molecular flexibility index (Phi) is 2.89. The highest BCUT2D eigenvalue weighted by molar-refractivity contribution is 5.64. The molecule has 0 aromatic carbocycles. The van der Waals surface area contributed by atoms with Gasteiger partial charge in [-0.05, 0) is 18.6 Å². The van der Waals surface area contributed by atoms with Gasteiger partial charge in [0.2, 0.25) is 0 Å². The zero-order chi connectivity index (χ0) is 12.5. The van der Waals surface area contributed by atoms with Crippen molar-refractivity contribution in [1.29, 1.82) is 0 Å². The molecule has 0 aliphatic carbocycles. The van der Waals surface area contributed by atoms with Gasteiger partial charge in [0.1, 0.15) is 5.52 Å². The molecule has 18 heavy (non-hydrogen) atoms. The minimum absolute atomic E-state index is 0.305. The Bertz CT molecular complexity index is 552. The van der Waals surface area contributed by atoms with Crippen molar-refractivity contribution < 1.29 is 4.74 Å². The largest absolute Gasteiger partial charge is 0.383 e. The highest BCUT2D eigenvalue weighted by atomic mass is 16.5. The van der Waals surface area contributed by atoms with Crippen LogP contribution in [0, 0.1) is 0 Å². The van der Waals surface area contributed by atoms with Gasteiger partial charge in [0.25, 0.3) is 0 Å². The molecule has 0 bridgehead atoms. The topological polar surface area (TPSA) is 77.5 Å². The number of nitrogens with zero attached hydrogens (tertiary/aromatic N) is 3. The van der Waals surface area contributed by atoms with E-state index < -0.39 is 0 Å². The SMILES string of the molecule is COCC1CC(c2nc(N)c3cccn3n2)CN1. The lowest BCUT2D eigenvalue weighted by Crippen LogP contribution is -2.25. The van der Waals surface area contributed by atoms with Crippen molar-refractivity contribution in [2.75, 3.05) is 26.0 Å². The molecule has 0 saturated carbocycles. The fourth-order valence-electron chi connectivity index (χ4n) is 2.49. The lowest BCUT2D eigenvalue weighted by Gasteiger charge is -2.10. The maximum atomic E-state index is 5.95. The lowest BCUT2D eigenvalue weighted by molar-refractivity contribution is 0.173. The number of anilines is 1. The zero-order valence-electron chi connectivity index (χ0n) is 10.3. The highest BCUT2D eigenvalue weighted by Crippen LogP contribution is 2.24. The first kappa shape index (κ1) is 11.4. The molecule has 0 spiro atoms. The van der Waals surface area contributed by atoms with Crippen LogP contribution in [-0.4, -0.2) is 40.9 Å². The first-order valence-electron chi connectivity index (χ1n) is 6.11. The lowest BCUT2D eigenvalue weighted by atomic mass is 10.1. The summed E-state index contributed by atoms with van der Waals surface area (Å²) in [5, 5.41) is 7.93. The second-order valence-electron chi connectivity index (χ2n) is 4.69. The molecule has 96 valence electrons. The van der Waals surface area contributed by atoms with Crippen molar-refractivity contribution in [3.63, 3.8) is 0 Å². The molecule has 3 heterocycles. The fraction of sp³-hybridized carbons (Fsp3) is 0.500. The van der Waals surface area contributed by atoms with Gasteiger partial charge in [-0.2, -0.15) is 5.10 Å². The predicted molar refractivity (Wildman–Crippen MR) is 68.4 cm³/mol. The van der Waals surface area contributed by atoms with E-state index in [0.29, 0.717) is 17.8 Å². The Morgan fingerprint density at radius 3 is 3.33 bits per heavy atom. The Morgan fingerprint density at radius 2 is 2.50 bits per heavy atom.